The number of hydrogen-bond donors (Lipinski definition) is 1. The number of ether oxygens (including phenoxy) is 3. The number of rotatable bonds is 6. The summed E-state index contributed by atoms with van der Waals surface area (Å²) in [5.74, 6) is 0.223. The number of benzene rings is 1. The minimum absolute atomic E-state index is 0.145. The van der Waals surface area contributed by atoms with Gasteiger partial charge in [-0.1, -0.05) is 12.2 Å². The summed E-state index contributed by atoms with van der Waals surface area (Å²) < 4.78 is 15.4. The Bertz CT molecular complexity index is 597. The van der Waals surface area contributed by atoms with Crippen molar-refractivity contribution in [2.45, 2.75) is 19.3 Å². The van der Waals surface area contributed by atoms with Gasteiger partial charge in [-0.15, -0.1) is 0 Å². The van der Waals surface area contributed by atoms with Gasteiger partial charge in [0.1, 0.15) is 0 Å². The molecule has 1 aromatic carbocycles. The maximum atomic E-state index is 11.9. The zero-order valence-corrected chi connectivity index (χ0v) is 13.3. The average molecular weight is 319 g/mol. The normalized spacial score (nSPS) is 16.5. The molecular weight excluding hydrogens is 298 g/mol. The van der Waals surface area contributed by atoms with Crippen LogP contribution in [0, 0.1) is 5.92 Å². The molecule has 1 aliphatic carbocycles. The molecule has 124 valence electrons. The van der Waals surface area contributed by atoms with E-state index in [-0.39, 0.29) is 18.5 Å². The topological polar surface area (TPSA) is 73.9 Å². The standard InChI is InChI=1S/C17H21NO5/c1-21-14-9-8-13(10-15(14)22-2)18-16(19)11-23-17(20)12-6-4-3-5-7-12/h3-4,8-10,12H,5-7,11H2,1-2H3,(H,18,19)/t12-/m0/s1. The second-order valence-electron chi connectivity index (χ2n) is 5.21. The SMILES string of the molecule is COc1ccc(NC(=O)COC(=O)[C@H]2CC=CCC2)cc1OC. The summed E-state index contributed by atoms with van der Waals surface area (Å²) in [6.45, 7) is -0.298. The Morgan fingerprint density at radius 2 is 1.96 bits per heavy atom. The van der Waals surface area contributed by atoms with Crippen LogP contribution >= 0.6 is 0 Å². The van der Waals surface area contributed by atoms with Gasteiger partial charge in [-0.25, -0.2) is 0 Å². The van der Waals surface area contributed by atoms with Crippen molar-refractivity contribution in [1.82, 2.24) is 0 Å². The van der Waals surface area contributed by atoms with Crippen molar-refractivity contribution >= 4 is 17.6 Å². The molecule has 2 rings (SSSR count). The van der Waals surface area contributed by atoms with Crippen molar-refractivity contribution in [2.24, 2.45) is 5.92 Å². The van der Waals surface area contributed by atoms with E-state index in [4.69, 9.17) is 14.2 Å². The molecule has 0 saturated heterocycles. The first-order chi connectivity index (χ1) is 11.1. The molecule has 1 amide bonds. The van der Waals surface area contributed by atoms with E-state index in [9.17, 15) is 9.59 Å². The zero-order chi connectivity index (χ0) is 16.7. The van der Waals surface area contributed by atoms with Crippen LogP contribution in [0.4, 0.5) is 5.69 Å². The number of allylic oxidation sites excluding steroid dienone is 2. The molecule has 0 fully saturated rings. The number of carbonyl (C=O) groups is 2. The van der Waals surface area contributed by atoms with Crippen molar-refractivity contribution < 1.29 is 23.8 Å². The zero-order valence-electron chi connectivity index (χ0n) is 13.3. The smallest absolute Gasteiger partial charge is 0.309 e. The first-order valence-electron chi connectivity index (χ1n) is 7.47. The third-order valence-corrected chi connectivity index (χ3v) is 3.62. The van der Waals surface area contributed by atoms with Gasteiger partial charge in [0.2, 0.25) is 0 Å². The fourth-order valence-electron chi connectivity index (χ4n) is 2.37. The van der Waals surface area contributed by atoms with Gasteiger partial charge >= 0.3 is 5.97 Å². The summed E-state index contributed by atoms with van der Waals surface area (Å²) in [7, 11) is 3.06. The minimum atomic E-state index is -0.392. The maximum absolute atomic E-state index is 11.9. The Morgan fingerprint density at radius 3 is 2.61 bits per heavy atom. The van der Waals surface area contributed by atoms with E-state index in [1.807, 2.05) is 12.2 Å². The highest BCUT2D eigenvalue weighted by molar-refractivity contribution is 5.93. The molecule has 0 bridgehead atoms. The van der Waals surface area contributed by atoms with E-state index < -0.39 is 5.91 Å². The first-order valence-corrected chi connectivity index (χ1v) is 7.47. The number of hydrogen-bond acceptors (Lipinski definition) is 5. The highest BCUT2D eigenvalue weighted by atomic mass is 16.5. The summed E-state index contributed by atoms with van der Waals surface area (Å²) in [6, 6.07) is 5.02. The summed E-state index contributed by atoms with van der Waals surface area (Å²) in [5, 5.41) is 2.66. The largest absolute Gasteiger partial charge is 0.493 e. The number of anilines is 1. The lowest BCUT2D eigenvalue weighted by Gasteiger charge is -2.16. The number of amides is 1. The monoisotopic (exact) mass is 319 g/mol. The molecule has 0 aromatic heterocycles. The molecule has 0 radical (unpaired) electrons. The Kier molecular flexibility index (Phi) is 6.02. The quantitative estimate of drug-likeness (QED) is 0.644. The van der Waals surface area contributed by atoms with E-state index in [2.05, 4.69) is 5.32 Å². The van der Waals surface area contributed by atoms with Gasteiger partial charge in [-0.2, -0.15) is 0 Å². The Hall–Kier alpha value is -2.50. The predicted molar refractivity (Wildman–Crippen MR) is 85.6 cm³/mol. The molecule has 6 heteroatoms. The molecule has 0 unspecified atom stereocenters. The Morgan fingerprint density at radius 1 is 1.17 bits per heavy atom. The van der Waals surface area contributed by atoms with Crippen molar-refractivity contribution in [3.05, 3.63) is 30.4 Å². The van der Waals surface area contributed by atoms with Crippen LogP contribution in [-0.4, -0.2) is 32.7 Å². The van der Waals surface area contributed by atoms with Crippen molar-refractivity contribution in [3.8, 4) is 11.5 Å². The fraction of sp³-hybridized carbons (Fsp3) is 0.412. The molecule has 1 aromatic rings. The van der Waals surface area contributed by atoms with Crippen LogP contribution in [-0.2, 0) is 14.3 Å². The molecular formula is C17H21NO5. The number of carbonyl (C=O) groups excluding carboxylic acids is 2. The van der Waals surface area contributed by atoms with Gasteiger partial charge in [0, 0.05) is 11.8 Å². The lowest BCUT2D eigenvalue weighted by molar-refractivity contribution is -0.151. The van der Waals surface area contributed by atoms with Crippen molar-refractivity contribution in [1.29, 1.82) is 0 Å². The summed E-state index contributed by atoms with van der Waals surface area (Å²) in [5.41, 5.74) is 0.546. The highest BCUT2D eigenvalue weighted by Crippen LogP contribution is 2.29. The van der Waals surface area contributed by atoms with Crippen LogP contribution in [0.1, 0.15) is 19.3 Å². The fourth-order valence-corrected chi connectivity index (χ4v) is 2.37. The Balaban J connectivity index is 1.84. The molecule has 0 aliphatic heterocycles. The van der Waals surface area contributed by atoms with Gasteiger partial charge in [-0.3, -0.25) is 9.59 Å². The molecule has 0 spiro atoms. The minimum Gasteiger partial charge on any atom is -0.493 e. The predicted octanol–water partition coefficient (Wildman–Crippen LogP) is 2.54. The molecule has 23 heavy (non-hydrogen) atoms. The second kappa shape index (κ2) is 8.22. The van der Waals surface area contributed by atoms with Crippen molar-refractivity contribution in [3.63, 3.8) is 0 Å². The number of methoxy groups -OCH3 is 2. The average Bonchev–Trinajstić information content (AvgIpc) is 2.60. The van der Waals surface area contributed by atoms with E-state index in [1.165, 1.54) is 14.2 Å². The summed E-state index contributed by atoms with van der Waals surface area (Å²) in [4.78, 5) is 23.7. The third kappa shape index (κ3) is 4.74. The van der Waals surface area contributed by atoms with Crippen molar-refractivity contribution in [2.75, 3.05) is 26.1 Å². The van der Waals surface area contributed by atoms with Crippen LogP contribution in [0.5, 0.6) is 11.5 Å². The number of nitrogens with one attached hydrogen (secondary N) is 1. The second-order valence-corrected chi connectivity index (χ2v) is 5.21. The van der Waals surface area contributed by atoms with Gasteiger partial charge in [-0.05, 0) is 31.4 Å². The van der Waals surface area contributed by atoms with Crippen LogP contribution in [0.15, 0.2) is 30.4 Å². The molecule has 6 nitrogen and oxygen atoms in total. The lowest BCUT2D eigenvalue weighted by atomic mass is 9.95. The Labute approximate surface area is 135 Å². The number of esters is 1. The molecule has 1 aliphatic rings. The third-order valence-electron chi connectivity index (χ3n) is 3.62. The van der Waals surface area contributed by atoms with Gasteiger partial charge in [0.05, 0.1) is 20.1 Å². The van der Waals surface area contributed by atoms with Crippen LogP contribution in [0.25, 0.3) is 0 Å². The van der Waals surface area contributed by atoms with E-state index in [0.717, 1.165) is 12.8 Å². The summed E-state index contributed by atoms with van der Waals surface area (Å²) in [6.07, 6.45) is 6.34. The van der Waals surface area contributed by atoms with Gasteiger partial charge in [0.25, 0.3) is 5.91 Å². The molecule has 1 N–H and O–H groups in total. The highest BCUT2D eigenvalue weighted by Gasteiger charge is 2.21. The van der Waals surface area contributed by atoms with Crippen LogP contribution < -0.4 is 14.8 Å². The van der Waals surface area contributed by atoms with E-state index >= 15 is 0 Å². The van der Waals surface area contributed by atoms with Gasteiger partial charge < -0.3 is 19.5 Å². The van der Waals surface area contributed by atoms with E-state index in [0.29, 0.717) is 23.6 Å². The molecule has 0 saturated carbocycles. The molecule has 1 atom stereocenters. The van der Waals surface area contributed by atoms with Crippen LogP contribution in [0.3, 0.4) is 0 Å². The van der Waals surface area contributed by atoms with E-state index in [1.54, 1.807) is 18.2 Å². The lowest BCUT2D eigenvalue weighted by Crippen LogP contribution is -2.25. The summed E-state index contributed by atoms with van der Waals surface area (Å²) >= 11 is 0. The first kappa shape index (κ1) is 16.9. The molecule has 0 heterocycles. The maximum Gasteiger partial charge on any atom is 0.309 e. The van der Waals surface area contributed by atoms with Crippen LogP contribution in [0.2, 0.25) is 0 Å². The van der Waals surface area contributed by atoms with Gasteiger partial charge in [0.15, 0.2) is 18.1 Å².